The van der Waals surface area contributed by atoms with Gasteiger partial charge in [0.15, 0.2) is 0 Å². The molecule has 0 radical (unpaired) electrons. The third kappa shape index (κ3) is 4.43. The van der Waals surface area contributed by atoms with Gasteiger partial charge < -0.3 is 15.4 Å². The largest absolute Gasteiger partial charge is 0.473 e. The molecule has 0 atom stereocenters. The van der Waals surface area contributed by atoms with Gasteiger partial charge in [-0.05, 0) is 32.4 Å². The van der Waals surface area contributed by atoms with Gasteiger partial charge in [0, 0.05) is 13.6 Å². The molecule has 0 aliphatic heterocycles. The highest BCUT2D eigenvalue weighted by Crippen LogP contribution is 2.23. The van der Waals surface area contributed by atoms with Crippen LogP contribution in [0.2, 0.25) is 0 Å². The van der Waals surface area contributed by atoms with Gasteiger partial charge in [0.2, 0.25) is 5.88 Å². The summed E-state index contributed by atoms with van der Waals surface area (Å²) in [6.07, 6.45) is 3.74. The number of nitrogen functional groups attached to an aromatic ring is 1. The van der Waals surface area contributed by atoms with Gasteiger partial charge in [-0.15, -0.1) is 0 Å². The van der Waals surface area contributed by atoms with Crippen LogP contribution in [0.3, 0.4) is 0 Å². The maximum atomic E-state index is 5.85. The predicted molar refractivity (Wildman–Crippen MR) is 77.2 cm³/mol. The van der Waals surface area contributed by atoms with E-state index in [2.05, 4.69) is 16.8 Å². The summed E-state index contributed by atoms with van der Waals surface area (Å²) < 4.78 is 5.60. The van der Waals surface area contributed by atoms with Gasteiger partial charge in [-0.2, -0.15) is 4.98 Å². The lowest BCUT2D eigenvalue weighted by Crippen LogP contribution is -2.20. The van der Waals surface area contributed by atoms with Gasteiger partial charge in [-0.25, -0.2) is 0 Å². The first-order valence-corrected chi connectivity index (χ1v) is 6.69. The molecule has 1 heterocycles. The van der Waals surface area contributed by atoms with Crippen LogP contribution in [0.15, 0.2) is 12.1 Å². The average molecular weight is 251 g/mol. The number of hydrogen-bond donors (Lipinski definition) is 1. The fraction of sp³-hybridized carbons (Fsp3) is 0.643. The van der Waals surface area contributed by atoms with E-state index in [0.29, 0.717) is 11.6 Å². The number of nitrogens with zero attached hydrogens (tertiary/aromatic N) is 2. The monoisotopic (exact) mass is 251 g/mol. The van der Waals surface area contributed by atoms with Gasteiger partial charge in [0.25, 0.3) is 0 Å². The summed E-state index contributed by atoms with van der Waals surface area (Å²) in [4.78, 5) is 6.61. The van der Waals surface area contributed by atoms with Crippen LogP contribution in [0.1, 0.15) is 40.0 Å². The molecule has 0 aliphatic rings. The second-order valence-electron chi connectivity index (χ2n) is 4.86. The summed E-state index contributed by atoms with van der Waals surface area (Å²) in [5.41, 5.74) is 6.45. The molecule has 18 heavy (non-hydrogen) atoms. The molecule has 0 saturated carbocycles. The standard InChI is InChI=1S/C14H25N3O/c1-5-6-7-10-17(4)13-9-8-12(15)14(16-13)18-11(2)3/h8-9,11H,5-7,10,15H2,1-4H3. The lowest BCUT2D eigenvalue weighted by molar-refractivity contribution is 0.234. The van der Waals surface area contributed by atoms with Crippen LogP contribution in [-0.4, -0.2) is 24.7 Å². The molecule has 0 fully saturated rings. The van der Waals surface area contributed by atoms with E-state index < -0.39 is 0 Å². The molecule has 0 aliphatic carbocycles. The van der Waals surface area contributed by atoms with Crippen molar-refractivity contribution < 1.29 is 4.74 Å². The average Bonchev–Trinajstić information content (AvgIpc) is 2.31. The number of pyridine rings is 1. The molecule has 0 aromatic carbocycles. The highest BCUT2D eigenvalue weighted by Gasteiger charge is 2.09. The summed E-state index contributed by atoms with van der Waals surface area (Å²) in [6, 6.07) is 3.80. The molecule has 0 saturated heterocycles. The normalized spacial score (nSPS) is 10.7. The number of nitrogens with two attached hydrogens (primary N) is 1. The summed E-state index contributed by atoms with van der Waals surface area (Å²) in [7, 11) is 2.05. The van der Waals surface area contributed by atoms with E-state index in [1.54, 1.807) is 0 Å². The third-order valence-corrected chi connectivity index (χ3v) is 2.71. The maximum Gasteiger partial charge on any atom is 0.239 e. The van der Waals surface area contributed by atoms with E-state index >= 15 is 0 Å². The van der Waals surface area contributed by atoms with E-state index in [0.717, 1.165) is 12.4 Å². The minimum Gasteiger partial charge on any atom is -0.473 e. The first-order chi connectivity index (χ1) is 8.54. The first kappa shape index (κ1) is 14.6. The number of anilines is 2. The van der Waals surface area contributed by atoms with E-state index in [-0.39, 0.29) is 6.10 Å². The van der Waals surface area contributed by atoms with Crippen LogP contribution >= 0.6 is 0 Å². The molecule has 4 heteroatoms. The Bertz CT molecular complexity index is 366. The van der Waals surface area contributed by atoms with Crippen molar-refractivity contribution >= 4 is 11.5 Å². The highest BCUT2D eigenvalue weighted by molar-refractivity contribution is 5.54. The molecule has 1 rings (SSSR count). The quantitative estimate of drug-likeness (QED) is 0.757. The molecule has 0 amide bonds. The topological polar surface area (TPSA) is 51.4 Å². The van der Waals surface area contributed by atoms with Crippen molar-refractivity contribution in [1.82, 2.24) is 4.98 Å². The van der Waals surface area contributed by atoms with E-state index in [1.807, 2.05) is 33.0 Å². The lowest BCUT2D eigenvalue weighted by atomic mass is 10.2. The van der Waals surface area contributed by atoms with Crippen LogP contribution in [0.5, 0.6) is 5.88 Å². The number of rotatable bonds is 7. The van der Waals surface area contributed by atoms with Crippen molar-refractivity contribution in [1.29, 1.82) is 0 Å². The molecule has 2 N–H and O–H groups in total. The predicted octanol–water partition coefficient (Wildman–Crippen LogP) is 3.08. The molecular formula is C14H25N3O. The molecule has 1 aromatic heterocycles. The fourth-order valence-electron chi connectivity index (χ4n) is 1.69. The smallest absolute Gasteiger partial charge is 0.239 e. The molecule has 1 aromatic rings. The second-order valence-corrected chi connectivity index (χ2v) is 4.86. The van der Waals surface area contributed by atoms with Crippen LogP contribution in [-0.2, 0) is 0 Å². The number of unbranched alkanes of at least 4 members (excludes halogenated alkanes) is 2. The minimum absolute atomic E-state index is 0.0837. The maximum absolute atomic E-state index is 5.85. The Labute approximate surface area is 110 Å². The molecular weight excluding hydrogens is 226 g/mol. The molecule has 0 spiro atoms. The Morgan fingerprint density at radius 2 is 2.06 bits per heavy atom. The highest BCUT2D eigenvalue weighted by atomic mass is 16.5. The first-order valence-electron chi connectivity index (χ1n) is 6.69. The number of aromatic nitrogens is 1. The van der Waals surface area contributed by atoms with Gasteiger partial charge in [-0.3, -0.25) is 0 Å². The second kappa shape index (κ2) is 7.09. The van der Waals surface area contributed by atoms with Gasteiger partial charge in [-0.1, -0.05) is 19.8 Å². The summed E-state index contributed by atoms with van der Waals surface area (Å²) >= 11 is 0. The zero-order chi connectivity index (χ0) is 13.5. The van der Waals surface area contributed by atoms with Gasteiger partial charge in [0.1, 0.15) is 5.82 Å². The number of ether oxygens (including phenoxy) is 1. The van der Waals surface area contributed by atoms with Gasteiger partial charge >= 0.3 is 0 Å². The SMILES string of the molecule is CCCCCN(C)c1ccc(N)c(OC(C)C)n1. The van der Waals surface area contributed by atoms with Crippen molar-refractivity contribution in [3.63, 3.8) is 0 Å². The Morgan fingerprint density at radius 3 is 2.67 bits per heavy atom. The zero-order valence-corrected chi connectivity index (χ0v) is 11.9. The fourth-order valence-corrected chi connectivity index (χ4v) is 1.69. The summed E-state index contributed by atoms with van der Waals surface area (Å²) in [5.74, 6) is 1.45. The Morgan fingerprint density at radius 1 is 1.33 bits per heavy atom. The van der Waals surface area contributed by atoms with Crippen molar-refractivity contribution in [3.8, 4) is 5.88 Å². The number of hydrogen-bond acceptors (Lipinski definition) is 4. The van der Waals surface area contributed by atoms with Crippen molar-refractivity contribution in [3.05, 3.63) is 12.1 Å². The van der Waals surface area contributed by atoms with Crippen LogP contribution < -0.4 is 15.4 Å². The van der Waals surface area contributed by atoms with E-state index in [9.17, 15) is 0 Å². The minimum atomic E-state index is 0.0837. The van der Waals surface area contributed by atoms with Crippen molar-refractivity contribution in [2.75, 3.05) is 24.2 Å². The van der Waals surface area contributed by atoms with Crippen LogP contribution in [0, 0.1) is 0 Å². The Balaban J connectivity index is 2.70. The van der Waals surface area contributed by atoms with Crippen molar-refractivity contribution in [2.24, 2.45) is 0 Å². The third-order valence-electron chi connectivity index (χ3n) is 2.71. The molecule has 0 bridgehead atoms. The summed E-state index contributed by atoms with van der Waals surface area (Å²) in [6.45, 7) is 7.15. The Kier molecular flexibility index (Phi) is 5.75. The van der Waals surface area contributed by atoms with Crippen LogP contribution in [0.25, 0.3) is 0 Å². The van der Waals surface area contributed by atoms with E-state index in [1.165, 1.54) is 19.3 Å². The Hall–Kier alpha value is -1.45. The van der Waals surface area contributed by atoms with Gasteiger partial charge in [0.05, 0.1) is 11.8 Å². The van der Waals surface area contributed by atoms with E-state index in [4.69, 9.17) is 10.5 Å². The summed E-state index contributed by atoms with van der Waals surface area (Å²) in [5, 5.41) is 0. The molecule has 102 valence electrons. The molecule has 4 nitrogen and oxygen atoms in total. The lowest BCUT2D eigenvalue weighted by Gasteiger charge is -2.20. The zero-order valence-electron chi connectivity index (χ0n) is 11.9. The van der Waals surface area contributed by atoms with Crippen molar-refractivity contribution in [2.45, 2.75) is 46.1 Å². The van der Waals surface area contributed by atoms with Crippen LogP contribution in [0.4, 0.5) is 11.5 Å². The molecule has 0 unspecified atom stereocenters.